The molecule has 0 N–H and O–H groups in total. The molecule has 0 heterocycles. The molecule has 1 saturated carbocycles. The number of hydrogen-bond donors (Lipinski definition) is 0. The Morgan fingerprint density at radius 2 is 1.96 bits per heavy atom. The normalized spacial score (nSPS) is 14.2. The molecule has 1 fully saturated rings. The van der Waals surface area contributed by atoms with E-state index in [9.17, 15) is 14.9 Å². The van der Waals surface area contributed by atoms with Gasteiger partial charge in [0.25, 0.3) is 5.91 Å². The fourth-order valence-electron chi connectivity index (χ4n) is 3.18. The van der Waals surface area contributed by atoms with Crippen LogP contribution in [-0.4, -0.2) is 35.5 Å². The molecule has 2 aromatic carbocycles. The number of carbonyl (C=O) groups excluding carboxylic acids is 1. The van der Waals surface area contributed by atoms with Gasteiger partial charge < -0.3 is 14.4 Å². The van der Waals surface area contributed by atoms with E-state index in [-0.39, 0.29) is 30.0 Å². The van der Waals surface area contributed by atoms with Gasteiger partial charge >= 0.3 is 5.69 Å². The van der Waals surface area contributed by atoms with E-state index in [1.54, 1.807) is 6.07 Å². The van der Waals surface area contributed by atoms with Crippen LogP contribution in [-0.2, 0) is 11.3 Å². The first-order valence-electron chi connectivity index (χ1n) is 9.28. The summed E-state index contributed by atoms with van der Waals surface area (Å²) in [5, 5.41) is 11.3. The first kappa shape index (κ1) is 19.7. The van der Waals surface area contributed by atoms with Crippen molar-refractivity contribution in [2.75, 3.05) is 13.7 Å². The predicted molar refractivity (Wildman–Crippen MR) is 104 cm³/mol. The summed E-state index contributed by atoms with van der Waals surface area (Å²) in [6, 6.07) is 14.2. The lowest BCUT2D eigenvalue weighted by atomic mass is 10.1. The highest BCUT2D eigenvalue weighted by Gasteiger charge is 2.34. The van der Waals surface area contributed by atoms with Gasteiger partial charge in [0, 0.05) is 12.6 Å². The molecule has 7 nitrogen and oxygen atoms in total. The molecule has 0 bridgehead atoms. The molecule has 1 amide bonds. The number of methoxy groups -OCH3 is 1. The summed E-state index contributed by atoms with van der Waals surface area (Å²) >= 11 is 0. The average molecular weight is 384 g/mol. The first-order chi connectivity index (χ1) is 13.5. The zero-order chi connectivity index (χ0) is 20.1. The third-order valence-electron chi connectivity index (χ3n) is 5.03. The minimum absolute atomic E-state index is 0.0536. The predicted octanol–water partition coefficient (Wildman–Crippen LogP) is 3.81. The van der Waals surface area contributed by atoms with Gasteiger partial charge in [-0.05, 0) is 43.4 Å². The van der Waals surface area contributed by atoms with Gasteiger partial charge in [-0.1, -0.05) is 30.3 Å². The van der Waals surface area contributed by atoms with Crippen molar-refractivity contribution in [2.24, 2.45) is 5.92 Å². The standard InChI is InChI=1S/C21H24N2O5/c1-15(17-8-9-17)22(13-16-6-4-3-5-7-16)21(24)14-28-20-11-10-18(27-2)12-19(20)23(25)26/h3-7,10-12,15,17H,8-9,13-14H2,1-2H3. The summed E-state index contributed by atoms with van der Waals surface area (Å²) in [4.78, 5) is 25.5. The lowest BCUT2D eigenvalue weighted by Gasteiger charge is -2.29. The van der Waals surface area contributed by atoms with Gasteiger partial charge in [-0.2, -0.15) is 0 Å². The molecule has 2 aromatic rings. The fourth-order valence-corrected chi connectivity index (χ4v) is 3.18. The van der Waals surface area contributed by atoms with Crippen molar-refractivity contribution in [1.29, 1.82) is 0 Å². The van der Waals surface area contributed by atoms with Crippen molar-refractivity contribution in [3.63, 3.8) is 0 Å². The van der Waals surface area contributed by atoms with Crippen molar-refractivity contribution in [2.45, 2.75) is 32.4 Å². The van der Waals surface area contributed by atoms with Crippen LogP contribution in [0.2, 0.25) is 0 Å². The van der Waals surface area contributed by atoms with Crippen LogP contribution in [0.25, 0.3) is 0 Å². The van der Waals surface area contributed by atoms with Crippen molar-refractivity contribution in [3.05, 3.63) is 64.2 Å². The fraction of sp³-hybridized carbons (Fsp3) is 0.381. The third kappa shape index (κ3) is 4.79. The Kier molecular flexibility index (Phi) is 6.13. The summed E-state index contributed by atoms with van der Waals surface area (Å²) in [5.41, 5.74) is 0.816. The maximum atomic E-state index is 12.9. The number of nitrogens with zero attached hydrogens (tertiary/aromatic N) is 2. The number of hydrogen-bond acceptors (Lipinski definition) is 5. The number of nitro benzene ring substituents is 1. The van der Waals surface area contributed by atoms with E-state index >= 15 is 0 Å². The molecule has 1 aliphatic rings. The maximum absolute atomic E-state index is 12.9. The van der Waals surface area contributed by atoms with Crippen LogP contribution >= 0.6 is 0 Å². The molecule has 3 rings (SSSR count). The second-order valence-corrected chi connectivity index (χ2v) is 6.96. The summed E-state index contributed by atoms with van der Waals surface area (Å²) < 4.78 is 10.6. The van der Waals surface area contributed by atoms with Crippen LogP contribution in [0.1, 0.15) is 25.3 Å². The Labute approximate surface area is 164 Å². The van der Waals surface area contributed by atoms with Gasteiger partial charge in [0.05, 0.1) is 18.1 Å². The summed E-state index contributed by atoms with van der Waals surface area (Å²) in [7, 11) is 1.43. The quantitative estimate of drug-likeness (QED) is 0.485. The molecule has 1 unspecified atom stereocenters. The van der Waals surface area contributed by atoms with E-state index in [2.05, 4.69) is 0 Å². The number of amides is 1. The topological polar surface area (TPSA) is 81.9 Å². The Morgan fingerprint density at radius 1 is 1.25 bits per heavy atom. The second kappa shape index (κ2) is 8.73. The number of nitro groups is 1. The van der Waals surface area contributed by atoms with Crippen LogP contribution in [0.5, 0.6) is 11.5 Å². The number of ether oxygens (including phenoxy) is 2. The Bertz CT molecular complexity index is 836. The Balaban J connectivity index is 1.72. The van der Waals surface area contributed by atoms with Gasteiger partial charge in [-0.15, -0.1) is 0 Å². The van der Waals surface area contributed by atoms with E-state index in [0.29, 0.717) is 18.2 Å². The Hall–Kier alpha value is -3.09. The zero-order valence-corrected chi connectivity index (χ0v) is 16.0. The van der Waals surface area contributed by atoms with E-state index in [1.807, 2.05) is 42.2 Å². The molecule has 0 spiro atoms. The molecule has 1 atom stereocenters. The van der Waals surface area contributed by atoms with Crippen LogP contribution in [0.4, 0.5) is 5.69 Å². The molecule has 0 saturated heterocycles. The van der Waals surface area contributed by atoms with Crippen molar-refractivity contribution in [1.82, 2.24) is 4.90 Å². The highest BCUT2D eigenvalue weighted by atomic mass is 16.6. The maximum Gasteiger partial charge on any atom is 0.314 e. The van der Waals surface area contributed by atoms with Crippen LogP contribution in [0, 0.1) is 16.0 Å². The summed E-state index contributed by atoms with van der Waals surface area (Å²) in [6.07, 6.45) is 2.23. The van der Waals surface area contributed by atoms with E-state index in [1.165, 1.54) is 19.2 Å². The monoisotopic (exact) mass is 384 g/mol. The molecule has 7 heteroatoms. The smallest absolute Gasteiger partial charge is 0.314 e. The minimum atomic E-state index is -0.545. The largest absolute Gasteiger partial charge is 0.496 e. The second-order valence-electron chi connectivity index (χ2n) is 6.96. The van der Waals surface area contributed by atoms with Gasteiger partial charge in [0.15, 0.2) is 12.4 Å². The van der Waals surface area contributed by atoms with E-state index in [0.717, 1.165) is 18.4 Å². The number of carbonyl (C=O) groups is 1. The molecule has 0 aromatic heterocycles. The zero-order valence-electron chi connectivity index (χ0n) is 16.0. The third-order valence-corrected chi connectivity index (χ3v) is 5.03. The molecular weight excluding hydrogens is 360 g/mol. The molecule has 148 valence electrons. The molecule has 1 aliphatic carbocycles. The van der Waals surface area contributed by atoms with Gasteiger partial charge in [0.2, 0.25) is 0 Å². The van der Waals surface area contributed by atoms with Crippen molar-refractivity contribution < 1.29 is 19.2 Å². The molecule has 0 aliphatic heterocycles. The first-order valence-corrected chi connectivity index (χ1v) is 9.28. The van der Waals surface area contributed by atoms with Crippen LogP contribution in [0.3, 0.4) is 0 Å². The van der Waals surface area contributed by atoms with Crippen molar-refractivity contribution >= 4 is 11.6 Å². The Morgan fingerprint density at radius 3 is 2.57 bits per heavy atom. The van der Waals surface area contributed by atoms with Gasteiger partial charge in [-0.3, -0.25) is 14.9 Å². The molecule has 0 radical (unpaired) electrons. The lowest BCUT2D eigenvalue weighted by molar-refractivity contribution is -0.385. The highest BCUT2D eigenvalue weighted by molar-refractivity contribution is 5.78. The van der Waals surface area contributed by atoms with E-state index < -0.39 is 4.92 Å². The number of benzene rings is 2. The minimum Gasteiger partial charge on any atom is -0.496 e. The number of rotatable bonds is 9. The molecular formula is C21H24N2O5. The summed E-state index contributed by atoms with van der Waals surface area (Å²) in [5.74, 6) is 0.729. The van der Waals surface area contributed by atoms with E-state index in [4.69, 9.17) is 9.47 Å². The van der Waals surface area contributed by atoms with Crippen molar-refractivity contribution in [3.8, 4) is 11.5 Å². The molecule has 28 heavy (non-hydrogen) atoms. The van der Waals surface area contributed by atoms with Gasteiger partial charge in [-0.25, -0.2) is 0 Å². The van der Waals surface area contributed by atoms with Crippen LogP contribution < -0.4 is 9.47 Å². The summed E-state index contributed by atoms with van der Waals surface area (Å²) in [6.45, 7) is 2.29. The lowest BCUT2D eigenvalue weighted by Crippen LogP contribution is -2.42. The van der Waals surface area contributed by atoms with Gasteiger partial charge in [0.1, 0.15) is 5.75 Å². The van der Waals surface area contributed by atoms with Crippen LogP contribution in [0.15, 0.2) is 48.5 Å². The highest BCUT2D eigenvalue weighted by Crippen LogP contribution is 2.36. The average Bonchev–Trinajstić information content (AvgIpc) is 3.55. The SMILES string of the molecule is COc1ccc(OCC(=O)N(Cc2ccccc2)C(C)C2CC2)c([N+](=O)[O-])c1.